The molecule has 0 heterocycles. The summed E-state index contributed by atoms with van der Waals surface area (Å²) in [5, 5.41) is 8.86. The summed E-state index contributed by atoms with van der Waals surface area (Å²) in [7, 11) is 0. The van der Waals surface area contributed by atoms with Crippen LogP contribution >= 0.6 is 0 Å². The van der Waals surface area contributed by atoms with Crippen molar-refractivity contribution in [1.29, 1.82) is 0 Å². The van der Waals surface area contributed by atoms with Crippen LogP contribution in [0, 0.1) is 17.3 Å². The highest BCUT2D eigenvalue weighted by atomic mass is 16.5. The molecular weight excluding hydrogens is 264 g/mol. The molecule has 112 valence electrons. The van der Waals surface area contributed by atoms with Crippen molar-refractivity contribution < 1.29 is 14.6 Å². The van der Waals surface area contributed by atoms with Crippen LogP contribution in [0.2, 0.25) is 0 Å². The number of benzene rings is 1. The first-order valence-electron chi connectivity index (χ1n) is 7.63. The van der Waals surface area contributed by atoms with Crippen molar-refractivity contribution in [3.8, 4) is 5.75 Å². The van der Waals surface area contributed by atoms with E-state index >= 15 is 0 Å². The summed E-state index contributed by atoms with van der Waals surface area (Å²) in [6.07, 6.45) is 5.93. The van der Waals surface area contributed by atoms with Crippen molar-refractivity contribution in [2.24, 2.45) is 17.3 Å². The maximum absolute atomic E-state index is 10.8. The van der Waals surface area contributed by atoms with Gasteiger partial charge in [0.25, 0.3) is 0 Å². The smallest absolute Gasteiger partial charge is 0.335 e. The van der Waals surface area contributed by atoms with Gasteiger partial charge in [-0.2, -0.15) is 0 Å². The molecule has 0 amide bonds. The molecule has 0 spiro atoms. The van der Waals surface area contributed by atoms with Crippen molar-refractivity contribution in [3.05, 3.63) is 41.5 Å². The number of ether oxygens (including phenoxy) is 1. The van der Waals surface area contributed by atoms with E-state index in [2.05, 4.69) is 19.9 Å². The monoisotopic (exact) mass is 286 g/mol. The number of fused-ring (bicyclic) bond motifs is 1. The average molecular weight is 286 g/mol. The molecule has 0 aromatic heterocycles. The summed E-state index contributed by atoms with van der Waals surface area (Å²) in [6, 6.07) is 6.61. The summed E-state index contributed by atoms with van der Waals surface area (Å²) < 4.78 is 5.74. The SMILES string of the molecule is CC1(C)C2CC=C(CCOc3ccc(C(=O)O)cc3)C1C2. The Morgan fingerprint density at radius 3 is 2.62 bits per heavy atom. The second-order valence-electron chi connectivity index (χ2n) is 6.75. The first-order valence-corrected chi connectivity index (χ1v) is 7.63. The zero-order chi connectivity index (χ0) is 15.0. The molecule has 3 nitrogen and oxygen atoms in total. The van der Waals surface area contributed by atoms with Crippen LogP contribution < -0.4 is 4.74 Å². The Kier molecular flexibility index (Phi) is 3.52. The lowest BCUT2D eigenvalue weighted by Gasteiger charge is -2.56. The second kappa shape index (κ2) is 5.21. The van der Waals surface area contributed by atoms with Crippen LogP contribution in [-0.2, 0) is 0 Å². The molecule has 21 heavy (non-hydrogen) atoms. The highest BCUT2D eigenvalue weighted by Crippen LogP contribution is 2.59. The van der Waals surface area contributed by atoms with Crippen LogP contribution in [0.15, 0.2) is 35.9 Å². The lowest BCUT2D eigenvalue weighted by atomic mass is 9.48. The van der Waals surface area contributed by atoms with Crippen molar-refractivity contribution in [2.75, 3.05) is 6.61 Å². The fourth-order valence-electron chi connectivity index (χ4n) is 3.74. The lowest BCUT2D eigenvalue weighted by molar-refractivity contribution is -0.00917. The van der Waals surface area contributed by atoms with Gasteiger partial charge in [0.05, 0.1) is 12.2 Å². The number of rotatable bonds is 5. The van der Waals surface area contributed by atoms with Gasteiger partial charge in [-0.05, 0) is 54.4 Å². The highest BCUT2D eigenvalue weighted by molar-refractivity contribution is 5.87. The predicted molar refractivity (Wildman–Crippen MR) is 81.6 cm³/mol. The number of carboxylic acids is 1. The molecular formula is C18H22O3. The Bertz CT molecular complexity index is 569. The molecule has 2 atom stereocenters. The lowest BCUT2D eigenvalue weighted by Crippen LogP contribution is -2.48. The van der Waals surface area contributed by atoms with Crippen LogP contribution in [0.1, 0.15) is 43.5 Å². The maximum Gasteiger partial charge on any atom is 0.335 e. The molecule has 2 bridgehead atoms. The zero-order valence-electron chi connectivity index (χ0n) is 12.6. The van der Waals surface area contributed by atoms with Crippen molar-refractivity contribution in [1.82, 2.24) is 0 Å². The molecule has 3 heteroatoms. The minimum Gasteiger partial charge on any atom is -0.493 e. The van der Waals surface area contributed by atoms with Crippen LogP contribution in [0.5, 0.6) is 5.75 Å². The van der Waals surface area contributed by atoms with Crippen LogP contribution in [-0.4, -0.2) is 17.7 Å². The number of hydrogen-bond acceptors (Lipinski definition) is 2. The quantitative estimate of drug-likeness (QED) is 0.827. The number of aromatic carboxylic acids is 1. The van der Waals surface area contributed by atoms with Gasteiger partial charge in [-0.3, -0.25) is 0 Å². The molecule has 0 saturated heterocycles. The molecule has 0 aliphatic heterocycles. The van der Waals surface area contributed by atoms with E-state index in [1.807, 2.05) is 0 Å². The number of carboxylic acid groups (broad SMARTS) is 1. The molecule has 1 aromatic rings. The molecule has 2 unspecified atom stereocenters. The minimum absolute atomic E-state index is 0.291. The molecule has 0 radical (unpaired) electrons. The normalized spacial score (nSPS) is 25.7. The van der Waals surface area contributed by atoms with Gasteiger partial charge in [-0.15, -0.1) is 0 Å². The first-order chi connectivity index (χ1) is 9.98. The Labute approximate surface area is 125 Å². The molecule has 1 N–H and O–H groups in total. The standard InChI is InChI=1S/C18H22O3/c1-18(2)14-6-3-12(16(18)11-14)9-10-21-15-7-4-13(5-8-15)17(19)20/h3-5,7-8,14,16H,6,9-11H2,1-2H3,(H,19,20). The van der Waals surface area contributed by atoms with Gasteiger partial charge in [-0.25, -0.2) is 4.79 Å². The third kappa shape index (κ3) is 2.57. The van der Waals surface area contributed by atoms with Crippen molar-refractivity contribution >= 4 is 5.97 Å². The summed E-state index contributed by atoms with van der Waals surface area (Å²) in [4.78, 5) is 10.8. The number of allylic oxidation sites excluding steroid dienone is 1. The Morgan fingerprint density at radius 1 is 1.33 bits per heavy atom. The van der Waals surface area contributed by atoms with E-state index in [1.165, 1.54) is 12.8 Å². The molecule has 4 rings (SSSR count). The van der Waals surface area contributed by atoms with E-state index in [-0.39, 0.29) is 0 Å². The third-order valence-corrected chi connectivity index (χ3v) is 5.34. The Hall–Kier alpha value is -1.77. The molecule has 3 aliphatic rings. The van der Waals surface area contributed by atoms with E-state index in [9.17, 15) is 4.79 Å². The highest BCUT2D eigenvalue weighted by Gasteiger charge is 2.50. The largest absolute Gasteiger partial charge is 0.493 e. The van der Waals surface area contributed by atoms with Crippen LogP contribution in [0.4, 0.5) is 0 Å². The molecule has 1 fully saturated rings. The van der Waals surface area contributed by atoms with Gasteiger partial charge in [0.1, 0.15) is 5.75 Å². The van der Waals surface area contributed by atoms with Crippen LogP contribution in [0.3, 0.4) is 0 Å². The molecule has 3 aliphatic carbocycles. The predicted octanol–water partition coefficient (Wildman–Crippen LogP) is 4.15. The summed E-state index contributed by atoms with van der Waals surface area (Å²) in [6.45, 7) is 5.42. The summed E-state index contributed by atoms with van der Waals surface area (Å²) in [5.74, 6) is 1.43. The molecule has 1 saturated carbocycles. The van der Waals surface area contributed by atoms with Gasteiger partial charge >= 0.3 is 5.97 Å². The number of hydrogen-bond donors (Lipinski definition) is 1. The Balaban J connectivity index is 1.52. The maximum atomic E-state index is 10.8. The summed E-state index contributed by atoms with van der Waals surface area (Å²) in [5.41, 5.74) is 2.30. The Morgan fingerprint density at radius 2 is 2.05 bits per heavy atom. The zero-order valence-corrected chi connectivity index (χ0v) is 12.6. The van der Waals surface area contributed by atoms with Gasteiger partial charge in [0.2, 0.25) is 0 Å². The van der Waals surface area contributed by atoms with E-state index in [0.717, 1.165) is 24.0 Å². The fraction of sp³-hybridized carbons (Fsp3) is 0.500. The fourth-order valence-corrected chi connectivity index (χ4v) is 3.74. The third-order valence-electron chi connectivity index (χ3n) is 5.34. The van der Waals surface area contributed by atoms with Gasteiger partial charge in [0, 0.05) is 6.42 Å². The van der Waals surface area contributed by atoms with E-state index in [4.69, 9.17) is 9.84 Å². The van der Waals surface area contributed by atoms with Gasteiger partial charge in [-0.1, -0.05) is 25.5 Å². The van der Waals surface area contributed by atoms with Gasteiger partial charge in [0.15, 0.2) is 0 Å². The van der Waals surface area contributed by atoms with Crippen molar-refractivity contribution in [2.45, 2.75) is 33.1 Å². The summed E-state index contributed by atoms with van der Waals surface area (Å²) >= 11 is 0. The van der Waals surface area contributed by atoms with E-state index in [0.29, 0.717) is 17.6 Å². The second-order valence-corrected chi connectivity index (χ2v) is 6.75. The first kappa shape index (κ1) is 14.2. The topological polar surface area (TPSA) is 46.5 Å². The van der Waals surface area contributed by atoms with Crippen molar-refractivity contribution in [3.63, 3.8) is 0 Å². The van der Waals surface area contributed by atoms with E-state index < -0.39 is 5.97 Å². The molecule has 1 aromatic carbocycles. The average Bonchev–Trinajstić information content (AvgIpc) is 2.47. The number of carbonyl (C=O) groups is 1. The minimum atomic E-state index is -0.907. The van der Waals surface area contributed by atoms with E-state index in [1.54, 1.807) is 29.8 Å². The van der Waals surface area contributed by atoms with Crippen LogP contribution in [0.25, 0.3) is 0 Å². The van der Waals surface area contributed by atoms with Gasteiger partial charge < -0.3 is 9.84 Å².